The molecule has 0 aromatic heterocycles. The number of piperazine rings is 1. The topological polar surface area (TPSA) is 49.4 Å². The summed E-state index contributed by atoms with van der Waals surface area (Å²) >= 11 is 0. The van der Waals surface area contributed by atoms with Crippen molar-refractivity contribution in [2.45, 2.75) is 66.0 Å². The fraction of sp³-hybridized carbons (Fsp3) is 0.867. The lowest BCUT2D eigenvalue weighted by Crippen LogP contribution is -2.66. The third-order valence-electron chi connectivity index (χ3n) is 4.31. The summed E-state index contributed by atoms with van der Waals surface area (Å²) < 4.78 is 0. The lowest BCUT2D eigenvalue weighted by molar-refractivity contribution is -0.153. The standard InChI is InChI=1S/C15H28N2O2/c1-6-9-17-13(11(5)8-3)14(18)16-12(15(17)19)10(4)7-2/h10-13H,6-9H2,1-5H3,(H,16,18). The largest absolute Gasteiger partial charge is 0.342 e. The molecule has 0 aliphatic carbocycles. The summed E-state index contributed by atoms with van der Waals surface area (Å²) in [5.74, 6) is 0.510. The van der Waals surface area contributed by atoms with Crippen molar-refractivity contribution in [1.29, 1.82) is 0 Å². The molecule has 19 heavy (non-hydrogen) atoms. The molecule has 4 nitrogen and oxygen atoms in total. The van der Waals surface area contributed by atoms with Gasteiger partial charge in [0.1, 0.15) is 12.1 Å². The van der Waals surface area contributed by atoms with Crippen molar-refractivity contribution < 1.29 is 9.59 Å². The van der Waals surface area contributed by atoms with Crippen LogP contribution in [0.2, 0.25) is 0 Å². The highest BCUT2D eigenvalue weighted by molar-refractivity contribution is 5.97. The molecule has 0 bridgehead atoms. The molecule has 4 heteroatoms. The molecule has 1 fully saturated rings. The van der Waals surface area contributed by atoms with E-state index in [4.69, 9.17) is 0 Å². The fourth-order valence-electron chi connectivity index (χ4n) is 2.66. The number of nitrogens with zero attached hydrogens (tertiary/aromatic N) is 1. The Hall–Kier alpha value is -1.06. The first kappa shape index (κ1) is 16.0. The van der Waals surface area contributed by atoms with Crippen molar-refractivity contribution in [2.24, 2.45) is 11.8 Å². The summed E-state index contributed by atoms with van der Waals surface area (Å²) in [7, 11) is 0. The Morgan fingerprint density at radius 2 is 1.68 bits per heavy atom. The summed E-state index contributed by atoms with van der Waals surface area (Å²) in [6, 6.07) is -0.637. The number of nitrogens with one attached hydrogen (secondary N) is 1. The quantitative estimate of drug-likeness (QED) is 0.802. The predicted octanol–water partition coefficient (Wildman–Crippen LogP) is 2.18. The highest BCUT2D eigenvalue weighted by Gasteiger charge is 2.43. The summed E-state index contributed by atoms with van der Waals surface area (Å²) in [4.78, 5) is 26.8. The van der Waals surface area contributed by atoms with Crippen LogP contribution in [0.15, 0.2) is 0 Å². The molecule has 0 aromatic rings. The number of amides is 2. The SMILES string of the molecule is CCCN1C(=O)C(C(C)CC)NC(=O)C1C(C)CC. The van der Waals surface area contributed by atoms with Gasteiger partial charge in [0, 0.05) is 6.54 Å². The first-order valence-corrected chi connectivity index (χ1v) is 7.58. The Balaban J connectivity index is 2.99. The molecule has 4 unspecified atom stereocenters. The molecule has 0 saturated carbocycles. The lowest BCUT2D eigenvalue weighted by Gasteiger charge is -2.43. The molecule has 1 saturated heterocycles. The molecular weight excluding hydrogens is 240 g/mol. The average Bonchev–Trinajstić information content (AvgIpc) is 2.41. The van der Waals surface area contributed by atoms with Crippen LogP contribution in [0, 0.1) is 11.8 Å². The van der Waals surface area contributed by atoms with E-state index in [-0.39, 0.29) is 35.7 Å². The predicted molar refractivity (Wildman–Crippen MR) is 76.6 cm³/mol. The van der Waals surface area contributed by atoms with Crippen molar-refractivity contribution in [3.8, 4) is 0 Å². The second kappa shape index (κ2) is 6.92. The molecule has 1 aliphatic rings. The third-order valence-corrected chi connectivity index (χ3v) is 4.31. The molecule has 1 rings (SSSR count). The minimum absolute atomic E-state index is 0.0210. The molecular formula is C15H28N2O2. The van der Waals surface area contributed by atoms with Crippen molar-refractivity contribution in [3.63, 3.8) is 0 Å². The van der Waals surface area contributed by atoms with Crippen LogP contribution in [-0.2, 0) is 9.59 Å². The van der Waals surface area contributed by atoms with Gasteiger partial charge in [-0.1, -0.05) is 47.5 Å². The van der Waals surface area contributed by atoms with E-state index in [0.717, 1.165) is 19.3 Å². The van der Waals surface area contributed by atoms with Gasteiger partial charge in [0.15, 0.2) is 0 Å². The van der Waals surface area contributed by atoms with Crippen molar-refractivity contribution >= 4 is 11.8 Å². The molecule has 1 heterocycles. The van der Waals surface area contributed by atoms with Crippen LogP contribution in [0.4, 0.5) is 0 Å². The molecule has 0 spiro atoms. The summed E-state index contributed by atoms with van der Waals surface area (Å²) in [6.45, 7) is 10.9. The van der Waals surface area contributed by atoms with Gasteiger partial charge in [0.2, 0.25) is 11.8 Å². The van der Waals surface area contributed by atoms with Crippen molar-refractivity contribution in [3.05, 3.63) is 0 Å². The molecule has 0 aromatic carbocycles. The Morgan fingerprint density at radius 3 is 2.16 bits per heavy atom. The maximum Gasteiger partial charge on any atom is 0.246 e. The zero-order valence-corrected chi connectivity index (χ0v) is 12.9. The average molecular weight is 268 g/mol. The zero-order valence-electron chi connectivity index (χ0n) is 12.9. The van der Waals surface area contributed by atoms with Gasteiger partial charge in [0.05, 0.1) is 0 Å². The number of carbonyl (C=O) groups excluding carboxylic acids is 2. The Morgan fingerprint density at radius 1 is 1.11 bits per heavy atom. The Labute approximate surface area is 116 Å². The molecule has 110 valence electrons. The van der Waals surface area contributed by atoms with E-state index in [9.17, 15) is 9.59 Å². The zero-order chi connectivity index (χ0) is 14.6. The number of hydrogen-bond acceptors (Lipinski definition) is 2. The van der Waals surface area contributed by atoms with E-state index in [0.29, 0.717) is 6.54 Å². The molecule has 1 N–H and O–H groups in total. The van der Waals surface area contributed by atoms with Crippen LogP contribution in [0.3, 0.4) is 0 Å². The summed E-state index contributed by atoms with van der Waals surface area (Å²) in [5.41, 5.74) is 0. The van der Waals surface area contributed by atoms with E-state index < -0.39 is 0 Å². The smallest absolute Gasteiger partial charge is 0.246 e. The van der Waals surface area contributed by atoms with E-state index in [1.54, 1.807) is 0 Å². The summed E-state index contributed by atoms with van der Waals surface area (Å²) in [6.07, 6.45) is 2.68. The van der Waals surface area contributed by atoms with Gasteiger partial charge in [-0.05, 0) is 18.3 Å². The monoisotopic (exact) mass is 268 g/mol. The van der Waals surface area contributed by atoms with Crippen LogP contribution in [0.5, 0.6) is 0 Å². The maximum absolute atomic E-state index is 12.6. The number of rotatable bonds is 6. The van der Waals surface area contributed by atoms with Crippen LogP contribution in [0.1, 0.15) is 53.9 Å². The highest BCUT2D eigenvalue weighted by Crippen LogP contribution is 2.23. The van der Waals surface area contributed by atoms with Gasteiger partial charge in [0.25, 0.3) is 0 Å². The Bertz CT molecular complexity index is 330. The van der Waals surface area contributed by atoms with Gasteiger partial charge in [-0.15, -0.1) is 0 Å². The van der Waals surface area contributed by atoms with Crippen LogP contribution in [-0.4, -0.2) is 35.3 Å². The molecule has 2 amide bonds. The molecule has 1 aliphatic heterocycles. The first-order valence-electron chi connectivity index (χ1n) is 7.58. The van der Waals surface area contributed by atoms with Crippen LogP contribution >= 0.6 is 0 Å². The van der Waals surface area contributed by atoms with E-state index >= 15 is 0 Å². The number of carbonyl (C=O) groups is 2. The minimum Gasteiger partial charge on any atom is -0.342 e. The van der Waals surface area contributed by atoms with Gasteiger partial charge < -0.3 is 10.2 Å². The summed E-state index contributed by atoms with van der Waals surface area (Å²) in [5, 5.41) is 2.94. The minimum atomic E-state index is -0.343. The lowest BCUT2D eigenvalue weighted by atomic mass is 9.89. The van der Waals surface area contributed by atoms with Gasteiger partial charge in [-0.3, -0.25) is 9.59 Å². The third kappa shape index (κ3) is 3.28. The van der Waals surface area contributed by atoms with Gasteiger partial charge in [-0.2, -0.15) is 0 Å². The maximum atomic E-state index is 12.6. The molecule has 4 atom stereocenters. The van der Waals surface area contributed by atoms with E-state index in [2.05, 4.69) is 19.2 Å². The van der Waals surface area contributed by atoms with Crippen LogP contribution < -0.4 is 5.32 Å². The van der Waals surface area contributed by atoms with E-state index in [1.165, 1.54) is 0 Å². The van der Waals surface area contributed by atoms with Crippen LogP contribution in [0.25, 0.3) is 0 Å². The fourth-order valence-corrected chi connectivity index (χ4v) is 2.66. The first-order chi connectivity index (χ1) is 8.97. The second-order valence-electron chi connectivity index (χ2n) is 5.73. The van der Waals surface area contributed by atoms with Crippen molar-refractivity contribution in [2.75, 3.05) is 6.54 Å². The van der Waals surface area contributed by atoms with Crippen molar-refractivity contribution in [1.82, 2.24) is 10.2 Å². The Kier molecular flexibility index (Phi) is 5.83. The van der Waals surface area contributed by atoms with Gasteiger partial charge >= 0.3 is 0 Å². The highest BCUT2D eigenvalue weighted by atomic mass is 16.2. The van der Waals surface area contributed by atoms with E-state index in [1.807, 2.05) is 25.7 Å². The molecule has 0 radical (unpaired) electrons. The number of hydrogen-bond donors (Lipinski definition) is 1. The second-order valence-corrected chi connectivity index (χ2v) is 5.73. The normalized spacial score (nSPS) is 27.1. The van der Waals surface area contributed by atoms with Gasteiger partial charge in [-0.25, -0.2) is 0 Å².